The second kappa shape index (κ2) is 5.92. The summed E-state index contributed by atoms with van der Waals surface area (Å²) in [6.45, 7) is 5.54. The molecule has 0 fully saturated rings. The van der Waals surface area contributed by atoms with Crippen LogP contribution >= 0.6 is 0 Å². The van der Waals surface area contributed by atoms with Gasteiger partial charge in [0, 0.05) is 17.5 Å². The minimum Gasteiger partial charge on any atom is -0.465 e. The highest BCUT2D eigenvalue weighted by Gasteiger charge is 2.35. The van der Waals surface area contributed by atoms with Crippen LogP contribution in [0.15, 0.2) is 30.3 Å². The van der Waals surface area contributed by atoms with Crippen molar-refractivity contribution in [1.82, 2.24) is 4.98 Å². The Morgan fingerprint density at radius 3 is 2.81 bits per heavy atom. The number of carbonyl (C=O) groups is 1. The number of pyridine rings is 1. The molecule has 0 radical (unpaired) electrons. The van der Waals surface area contributed by atoms with Crippen LogP contribution in [0.5, 0.6) is 0 Å². The number of carbonyl (C=O) groups excluding carboxylic acids is 1. The third kappa shape index (κ3) is 3.03. The van der Waals surface area contributed by atoms with Crippen LogP contribution in [-0.4, -0.2) is 17.6 Å². The van der Waals surface area contributed by atoms with Gasteiger partial charge < -0.3 is 4.74 Å². The summed E-state index contributed by atoms with van der Waals surface area (Å²) in [5, 5.41) is 10.4. The van der Waals surface area contributed by atoms with Gasteiger partial charge >= 0.3 is 5.97 Å². The molecule has 1 unspecified atom stereocenters. The van der Waals surface area contributed by atoms with E-state index in [4.69, 9.17) is 4.74 Å². The van der Waals surface area contributed by atoms with E-state index in [-0.39, 0.29) is 6.61 Å². The van der Waals surface area contributed by atoms with E-state index < -0.39 is 11.4 Å². The largest absolute Gasteiger partial charge is 0.465 e. The van der Waals surface area contributed by atoms with Crippen molar-refractivity contribution < 1.29 is 9.53 Å². The van der Waals surface area contributed by atoms with E-state index in [1.165, 1.54) is 0 Å². The van der Waals surface area contributed by atoms with Gasteiger partial charge in [-0.25, -0.2) is 0 Å². The normalized spacial score (nSPS) is 13.4. The number of nitrogens with zero attached hydrogens (tertiary/aromatic N) is 2. The number of para-hydroxylation sites is 1. The minimum atomic E-state index is -1.19. The predicted molar refractivity (Wildman–Crippen MR) is 80.5 cm³/mol. The first-order valence-corrected chi connectivity index (χ1v) is 6.94. The molecule has 0 N–H and O–H groups in total. The Bertz CT molecular complexity index is 718. The molecule has 4 heteroatoms. The topological polar surface area (TPSA) is 63.0 Å². The maximum Gasteiger partial charge on any atom is 0.326 e. The average Bonchev–Trinajstić information content (AvgIpc) is 2.47. The lowest BCUT2D eigenvalue weighted by molar-refractivity contribution is -0.151. The van der Waals surface area contributed by atoms with Crippen molar-refractivity contribution in [2.75, 3.05) is 6.61 Å². The van der Waals surface area contributed by atoms with Gasteiger partial charge in [0.25, 0.3) is 0 Å². The number of rotatable bonds is 4. The molecule has 0 aliphatic rings. The van der Waals surface area contributed by atoms with Crippen LogP contribution in [0.25, 0.3) is 10.9 Å². The van der Waals surface area contributed by atoms with Crippen molar-refractivity contribution in [1.29, 1.82) is 5.26 Å². The molecule has 2 aromatic rings. The summed E-state index contributed by atoms with van der Waals surface area (Å²) in [6, 6.07) is 11.8. The van der Waals surface area contributed by atoms with Gasteiger partial charge in [-0.05, 0) is 38.5 Å². The summed E-state index contributed by atoms with van der Waals surface area (Å²) in [4.78, 5) is 16.5. The van der Waals surface area contributed by atoms with Crippen LogP contribution in [0, 0.1) is 23.7 Å². The molecule has 21 heavy (non-hydrogen) atoms. The zero-order valence-electron chi connectivity index (χ0n) is 12.5. The van der Waals surface area contributed by atoms with Gasteiger partial charge in [-0.15, -0.1) is 0 Å². The third-order valence-corrected chi connectivity index (χ3v) is 3.45. The van der Waals surface area contributed by atoms with Crippen molar-refractivity contribution in [3.63, 3.8) is 0 Å². The number of aryl methyl sites for hydroxylation is 1. The molecule has 0 saturated heterocycles. The van der Waals surface area contributed by atoms with Gasteiger partial charge in [0.1, 0.15) is 0 Å². The Hall–Kier alpha value is -2.41. The van der Waals surface area contributed by atoms with Gasteiger partial charge in [0.15, 0.2) is 5.41 Å². The predicted octanol–water partition coefficient (Wildman–Crippen LogP) is 3.18. The fourth-order valence-corrected chi connectivity index (χ4v) is 2.37. The Morgan fingerprint density at radius 1 is 1.43 bits per heavy atom. The van der Waals surface area contributed by atoms with E-state index in [1.54, 1.807) is 13.8 Å². The van der Waals surface area contributed by atoms with Crippen molar-refractivity contribution in [3.05, 3.63) is 41.6 Å². The van der Waals surface area contributed by atoms with E-state index in [0.29, 0.717) is 6.42 Å². The number of benzene rings is 1. The summed E-state index contributed by atoms with van der Waals surface area (Å²) >= 11 is 0. The lowest BCUT2D eigenvalue weighted by Crippen LogP contribution is -2.30. The zero-order chi connectivity index (χ0) is 15.5. The van der Waals surface area contributed by atoms with Crippen LogP contribution < -0.4 is 0 Å². The van der Waals surface area contributed by atoms with E-state index >= 15 is 0 Å². The van der Waals surface area contributed by atoms with Gasteiger partial charge in [0.2, 0.25) is 0 Å². The number of esters is 1. The number of fused-ring (bicyclic) bond motifs is 1. The van der Waals surface area contributed by atoms with Crippen LogP contribution in [0.4, 0.5) is 0 Å². The van der Waals surface area contributed by atoms with Crippen LogP contribution in [0.2, 0.25) is 0 Å². The molecule has 0 amide bonds. The number of nitriles is 1. The highest BCUT2D eigenvalue weighted by molar-refractivity contribution is 5.85. The molecule has 2 rings (SSSR count). The van der Waals surface area contributed by atoms with Gasteiger partial charge in [-0.2, -0.15) is 5.26 Å². The standard InChI is InChI=1S/C17H18N2O2/c1-4-21-16(20)17(3,11-18)10-13-9-12(2)19-15-8-6-5-7-14(13)15/h5-9H,4,10H2,1-3H3. The quantitative estimate of drug-likeness (QED) is 0.808. The molecule has 1 aromatic carbocycles. The molecule has 0 aliphatic carbocycles. The molecule has 0 saturated carbocycles. The third-order valence-electron chi connectivity index (χ3n) is 3.45. The summed E-state index contributed by atoms with van der Waals surface area (Å²) in [5.41, 5.74) is 1.49. The monoisotopic (exact) mass is 282 g/mol. The molecule has 0 spiro atoms. The highest BCUT2D eigenvalue weighted by atomic mass is 16.5. The van der Waals surface area contributed by atoms with Crippen molar-refractivity contribution in [3.8, 4) is 6.07 Å². The Balaban J connectivity index is 2.47. The molecule has 108 valence electrons. The number of ether oxygens (including phenoxy) is 1. The lowest BCUT2D eigenvalue weighted by atomic mass is 9.84. The van der Waals surface area contributed by atoms with E-state index in [0.717, 1.165) is 22.2 Å². The van der Waals surface area contributed by atoms with Gasteiger partial charge in [0.05, 0.1) is 18.2 Å². The van der Waals surface area contributed by atoms with Crippen molar-refractivity contribution >= 4 is 16.9 Å². The summed E-state index contributed by atoms with van der Waals surface area (Å²) in [7, 11) is 0. The molecule has 1 aromatic heterocycles. The van der Waals surface area contributed by atoms with Gasteiger partial charge in [-0.3, -0.25) is 9.78 Å². The van der Waals surface area contributed by atoms with Crippen LogP contribution in [0.1, 0.15) is 25.1 Å². The first kappa shape index (κ1) is 15.0. The fourth-order valence-electron chi connectivity index (χ4n) is 2.37. The van der Waals surface area contributed by atoms with E-state index in [2.05, 4.69) is 11.1 Å². The second-order valence-corrected chi connectivity index (χ2v) is 5.28. The van der Waals surface area contributed by atoms with E-state index in [1.807, 2.05) is 37.3 Å². The maximum absolute atomic E-state index is 12.1. The first-order chi connectivity index (χ1) is 10.00. The molecule has 1 heterocycles. The molecule has 0 bridgehead atoms. The SMILES string of the molecule is CCOC(=O)C(C)(C#N)Cc1cc(C)nc2ccccc12. The Morgan fingerprint density at radius 2 is 2.14 bits per heavy atom. The first-order valence-electron chi connectivity index (χ1n) is 6.94. The Labute approximate surface area is 124 Å². The van der Waals surface area contributed by atoms with Crippen molar-refractivity contribution in [2.24, 2.45) is 5.41 Å². The highest BCUT2D eigenvalue weighted by Crippen LogP contribution is 2.28. The number of hydrogen-bond acceptors (Lipinski definition) is 4. The van der Waals surface area contributed by atoms with E-state index in [9.17, 15) is 10.1 Å². The molecule has 4 nitrogen and oxygen atoms in total. The second-order valence-electron chi connectivity index (χ2n) is 5.28. The Kier molecular flexibility index (Phi) is 4.23. The van der Waals surface area contributed by atoms with Gasteiger partial charge in [-0.1, -0.05) is 18.2 Å². The number of aromatic nitrogens is 1. The summed E-state index contributed by atoms with van der Waals surface area (Å²) < 4.78 is 5.04. The molecular formula is C17H18N2O2. The molecule has 1 atom stereocenters. The summed E-state index contributed by atoms with van der Waals surface area (Å²) in [6.07, 6.45) is 0.312. The smallest absolute Gasteiger partial charge is 0.326 e. The summed E-state index contributed by atoms with van der Waals surface area (Å²) in [5.74, 6) is -0.481. The fraction of sp³-hybridized carbons (Fsp3) is 0.353. The maximum atomic E-state index is 12.1. The number of hydrogen-bond donors (Lipinski definition) is 0. The zero-order valence-corrected chi connectivity index (χ0v) is 12.5. The minimum absolute atomic E-state index is 0.270. The van der Waals surface area contributed by atoms with Crippen LogP contribution in [0.3, 0.4) is 0 Å². The average molecular weight is 282 g/mol. The molecule has 0 aliphatic heterocycles. The van der Waals surface area contributed by atoms with Crippen LogP contribution in [-0.2, 0) is 16.0 Å². The lowest BCUT2D eigenvalue weighted by Gasteiger charge is -2.20. The van der Waals surface area contributed by atoms with Crippen molar-refractivity contribution in [2.45, 2.75) is 27.2 Å². The molecular weight excluding hydrogens is 264 g/mol.